The molecule has 1 aromatic carbocycles. The van der Waals surface area contributed by atoms with Crippen LogP contribution in [0.15, 0.2) is 41.6 Å². The SMILES string of the molecule is CCCCCOC(=O)C1=C(C)Nc2nnnn2C1c1ccccc1. The minimum atomic E-state index is -0.392. The summed E-state index contributed by atoms with van der Waals surface area (Å²) in [6.07, 6.45) is 3.00. The van der Waals surface area contributed by atoms with Crippen molar-refractivity contribution in [1.82, 2.24) is 20.2 Å². The Hall–Kier alpha value is -2.70. The predicted octanol–water partition coefficient (Wildman–Crippen LogP) is 2.70. The van der Waals surface area contributed by atoms with E-state index in [1.54, 1.807) is 4.68 Å². The molecule has 1 aliphatic heterocycles. The molecular formula is C17H21N5O2. The quantitative estimate of drug-likeness (QED) is 0.649. The van der Waals surface area contributed by atoms with Crippen LogP contribution in [0, 0.1) is 0 Å². The molecule has 0 bridgehead atoms. The number of esters is 1. The van der Waals surface area contributed by atoms with Crippen molar-refractivity contribution in [2.45, 2.75) is 39.2 Å². The van der Waals surface area contributed by atoms with Crippen molar-refractivity contribution in [2.24, 2.45) is 0 Å². The average Bonchev–Trinajstić information content (AvgIpc) is 3.06. The van der Waals surface area contributed by atoms with Crippen molar-refractivity contribution in [3.05, 3.63) is 47.2 Å². The topological polar surface area (TPSA) is 81.9 Å². The third kappa shape index (κ3) is 3.15. The van der Waals surface area contributed by atoms with Crippen LogP contribution in [0.5, 0.6) is 0 Å². The van der Waals surface area contributed by atoms with E-state index in [0.29, 0.717) is 23.8 Å². The fourth-order valence-corrected chi connectivity index (χ4v) is 2.81. The molecule has 3 rings (SSSR count). The van der Waals surface area contributed by atoms with Crippen LogP contribution in [-0.4, -0.2) is 32.8 Å². The van der Waals surface area contributed by atoms with Crippen molar-refractivity contribution in [1.29, 1.82) is 0 Å². The lowest BCUT2D eigenvalue weighted by Gasteiger charge is -2.27. The Balaban J connectivity index is 1.91. The van der Waals surface area contributed by atoms with Gasteiger partial charge in [0.1, 0.15) is 6.04 Å². The van der Waals surface area contributed by atoms with Crippen LogP contribution in [0.1, 0.15) is 44.7 Å². The molecule has 0 amide bonds. The zero-order valence-electron chi connectivity index (χ0n) is 13.9. The second-order valence-corrected chi connectivity index (χ2v) is 5.77. The van der Waals surface area contributed by atoms with Gasteiger partial charge in [-0.25, -0.2) is 4.79 Å². The van der Waals surface area contributed by atoms with Crippen LogP contribution in [0.3, 0.4) is 0 Å². The first-order valence-electron chi connectivity index (χ1n) is 8.20. The molecule has 0 aliphatic carbocycles. The summed E-state index contributed by atoms with van der Waals surface area (Å²) in [6, 6.07) is 9.32. The molecule has 1 N–H and O–H groups in total. The molecule has 1 unspecified atom stereocenters. The minimum Gasteiger partial charge on any atom is -0.462 e. The Kier molecular flexibility index (Phi) is 4.88. The molecule has 2 aromatic rings. The normalized spacial score (nSPS) is 16.5. The van der Waals surface area contributed by atoms with E-state index < -0.39 is 6.04 Å². The number of fused-ring (bicyclic) bond motifs is 1. The van der Waals surface area contributed by atoms with Gasteiger partial charge in [-0.05, 0) is 29.3 Å². The minimum absolute atomic E-state index is 0.328. The third-order valence-corrected chi connectivity index (χ3v) is 4.03. The summed E-state index contributed by atoms with van der Waals surface area (Å²) >= 11 is 0. The second kappa shape index (κ2) is 7.25. The molecule has 7 nitrogen and oxygen atoms in total. The molecule has 0 saturated heterocycles. The van der Waals surface area contributed by atoms with Gasteiger partial charge in [-0.3, -0.25) is 0 Å². The van der Waals surface area contributed by atoms with E-state index in [1.165, 1.54) is 0 Å². The molecule has 0 fully saturated rings. The van der Waals surface area contributed by atoms with Gasteiger partial charge in [0.05, 0.1) is 12.2 Å². The highest BCUT2D eigenvalue weighted by atomic mass is 16.5. The molecule has 7 heteroatoms. The van der Waals surface area contributed by atoms with Crippen molar-refractivity contribution in [3.63, 3.8) is 0 Å². The number of nitrogens with one attached hydrogen (secondary N) is 1. The number of benzene rings is 1. The van der Waals surface area contributed by atoms with Gasteiger partial charge < -0.3 is 10.1 Å². The molecule has 1 aromatic heterocycles. The number of carbonyl (C=O) groups excluding carboxylic acids is 1. The maximum Gasteiger partial charge on any atom is 0.338 e. The standard InChI is InChI=1S/C17H21N5O2/c1-3-4-8-11-24-16(23)14-12(2)18-17-19-20-21-22(17)15(14)13-9-6-5-7-10-13/h5-7,9-10,15H,3-4,8,11H2,1-2H3,(H,18,19,21). The van der Waals surface area contributed by atoms with Crippen molar-refractivity contribution in [2.75, 3.05) is 11.9 Å². The summed E-state index contributed by atoms with van der Waals surface area (Å²) in [5.41, 5.74) is 2.19. The summed E-state index contributed by atoms with van der Waals surface area (Å²) in [5, 5.41) is 14.8. The third-order valence-electron chi connectivity index (χ3n) is 4.03. The maximum absolute atomic E-state index is 12.7. The van der Waals surface area contributed by atoms with Crippen molar-refractivity contribution in [3.8, 4) is 0 Å². The van der Waals surface area contributed by atoms with Gasteiger partial charge in [-0.15, -0.1) is 0 Å². The number of carbonyl (C=O) groups is 1. The Labute approximate surface area is 140 Å². The monoisotopic (exact) mass is 327 g/mol. The lowest BCUT2D eigenvalue weighted by atomic mass is 9.96. The molecular weight excluding hydrogens is 306 g/mol. The average molecular weight is 327 g/mol. The first-order valence-corrected chi connectivity index (χ1v) is 8.20. The molecule has 2 heterocycles. The van der Waals surface area contributed by atoms with E-state index in [1.807, 2.05) is 37.3 Å². The summed E-state index contributed by atoms with van der Waals surface area (Å²) in [7, 11) is 0. The number of anilines is 1. The summed E-state index contributed by atoms with van der Waals surface area (Å²) in [6.45, 7) is 4.38. The Morgan fingerprint density at radius 2 is 2.08 bits per heavy atom. The Morgan fingerprint density at radius 3 is 2.83 bits per heavy atom. The van der Waals surface area contributed by atoms with Gasteiger partial charge in [0.25, 0.3) is 0 Å². The molecule has 1 aliphatic rings. The maximum atomic E-state index is 12.7. The van der Waals surface area contributed by atoms with Gasteiger partial charge in [0.2, 0.25) is 5.95 Å². The molecule has 0 spiro atoms. The number of aromatic nitrogens is 4. The van der Waals surface area contributed by atoms with Gasteiger partial charge in [0.15, 0.2) is 0 Å². The highest BCUT2D eigenvalue weighted by Gasteiger charge is 2.34. The first-order chi connectivity index (χ1) is 11.7. The largest absolute Gasteiger partial charge is 0.462 e. The van der Waals surface area contributed by atoms with Crippen LogP contribution in [-0.2, 0) is 9.53 Å². The number of hydrogen-bond acceptors (Lipinski definition) is 6. The molecule has 126 valence electrons. The highest BCUT2D eigenvalue weighted by molar-refractivity contribution is 5.92. The van der Waals surface area contributed by atoms with Crippen LogP contribution in [0.2, 0.25) is 0 Å². The Morgan fingerprint density at radius 1 is 1.29 bits per heavy atom. The number of hydrogen-bond donors (Lipinski definition) is 1. The fraction of sp³-hybridized carbons (Fsp3) is 0.412. The van der Waals surface area contributed by atoms with E-state index in [4.69, 9.17) is 4.74 Å². The van der Waals surface area contributed by atoms with Crippen LogP contribution >= 0.6 is 0 Å². The first kappa shape index (κ1) is 16.2. The number of allylic oxidation sites excluding steroid dienone is 1. The zero-order chi connectivity index (χ0) is 16.9. The zero-order valence-corrected chi connectivity index (χ0v) is 13.9. The van der Waals surface area contributed by atoms with E-state index in [2.05, 4.69) is 27.8 Å². The predicted molar refractivity (Wildman–Crippen MR) is 89.2 cm³/mol. The van der Waals surface area contributed by atoms with E-state index in [9.17, 15) is 4.79 Å². The smallest absolute Gasteiger partial charge is 0.338 e. The highest BCUT2D eigenvalue weighted by Crippen LogP contribution is 2.34. The number of ether oxygens (including phenoxy) is 1. The van der Waals surface area contributed by atoms with Crippen molar-refractivity contribution >= 4 is 11.9 Å². The number of nitrogens with zero attached hydrogens (tertiary/aromatic N) is 4. The summed E-state index contributed by atoms with van der Waals surface area (Å²) in [4.78, 5) is 12.7. The van der Waals surface area contributed by atoms with Crippen LogP contribution < -0.4 is 5.32 Å². The fourth-order valence-electron chi connectivity index (χ4n) is 2.81. The van der Waals surface area contributed by atoms with E-state index >= 15 is 0 Å². The van der Waals surface area contributed by atoms with E-state index in [-0.39, 0.29) is 5.97 Å². The number of rotatable bonds is 6. The molecule has 0 radical (unpaired) electrons. The summed E-state index contributed by atoms with van der Waals surface area (Å²) < 4.78 is 7.09. The Bertz CT molecular complexity index is 738. The number of unbranched alkanes of at least 4 members (excludes halogenated alkanes) is 2. The van der Waals surface area contributed by atoms with Crippen molar-refractivity contribution < 1.29 is 9.53 Å². The lowest BCUT2D eigenvalue weighted by Crippen LogP contribution is -2.29. The van der Waals surface area contributed by atoms with Crippen LogP contribution in [0.25, 0.3) is 0 Å². The van der Waals surface area contributed by atoms with Gasteiger partial charge in [-0.2, -0.15) is 4.68 Å². The van der Waals surface area contributed by atoms with Crippen LogP contribution in [0.4, 0.5) is 5.95 Å². The van der Waals surface area contributed by atoms with Gasteiger partial charge in [0, 0.05) is 5.70 Å². The van der Waals surface area contributed by atoms with Gasteiger partial charge in [-0.1, -0.05) is 55.2 Å². The lowest BCUT2D eigenvalue weighted by molar-refractivity contribution is -0.139. The molecule has 1 atom stereocenters. The number of tetrazole rings is 1. The molecule has 0 saturated carbocycles. The second-order valence-electron chi connectivity index (χ2n) is 5.77. The molecule has 24 heavy (non-hydrogen) atoms. The van der Waals surface area contributed by atoms with E-state index in [0.717, 1.165) is 24.8 Å². The van der Waals surface area contributed by atoms with Gasteiger partial charge >= 0.3 is 5.97 Å². The summed E-state index contributed by atoms with van der Waals surface area (Å²) in [5.74, 6) is 0.190.